The lowest BCUT2D eigenvalue weighted by molar-refractivity contribution is 0.0304. The quantitative estimate of drug-likeness (QED) is 0.630. The predicted octanol–water partition coefficient (Wildman–Crippen LogP) is 3.53. The predicted molar refractivity (Wildman–Crippen MR) is 106 cm³/mol. The standard InChI is InChI=1S/C22H25N3O2/c26-22(24-13-15-27-16-14-24)20-17-25(21-19(20)10-6-11-23-21)12-5-4-9-18-7-2-1-3-8-18/h1-3,6-8,10-11,17H,4-5,9,12-16H2. The first-order valence-electron chi connectivity index (χ1n) is 9.68. The SMILES string of the molecule is O=C(c1cn(CCCCc2ccccc2)c2ncccc12)N1CCOCC1. The maximum Gasteiger partial charge on any atom is 0.256 e. The topological polar surface area (TPSA) is 47.4 Å². The molecule has 0 N–H and O–H groups in total. The van der Waals surface area contributed by atoms with E-state index >= 15 is 0 Å². The van der Waals surface area contributed by atoms with Crippen molar-refractivity contribution < 1.29 is 9.53 Å². The lowest BCUT2D eigenvalue weighted by atomic mass is 10.1. The number of benzene rings is 1. The Bertz CT molecular complexity index is 898. The van der Waals surface area contributed by atoms with Crippen LogP contribution in [0.5, 0.6) is 0 Å². The zero-order valence-electron chi connectivity index (χ0n) is 15.5. The van der Waals surface area contributed by atoms with E-state index in [2.05, 4.69) is 33.8 Å². The van der Waals surface area contributed by atoms with Crippen molar-refractivity contribution in [2.75, 3.05) is 26.3 Å². The molecular weight excluding hydrogens is 338 g/mol. The molecule has 0 atom stereocenters. The Morgan fingerprint density at radius 1 is 1.04 bits per heavy atom. The van der Waals surface area contributed by atoms with Crippen LogP contribution in [0.1, 0.15) is 28.8 Å². The lowest BCUT2D eigenvalue weighted by Crippen LogP contribution is -2.40. The van der Waals surface area contributed by atoms with Gasteiger partial charge in [0, 0.05) is 37.4 Å². The van der Waals surface area contributed by atoms with Crippen molar-refractivity contribution in [3.05, 3.63) is 66.0 Å². The van der Waals surface area contributed by atoms with Crippen molar-refractivity contribution in [2.24, 2.45) is 0 Å². The molecule has 0 spiro atoms. The average Bonchev–Trinajstić information content (AvgIpc) is 3.11. The molecular formula is C22H25N3O2. The summed E-state index contributed by atoms with van der Waals surface area (Å²) in [6, 6.07) is 14.5. The molecule has 1 aliphatic heterocycles. The van der Waals surface area contributed by atoms with Crippen molar-refractivity contribution >= 4 is 16.9 Å². The third kappa shape index (κ3) is 4.03. The van der Waals surface area contributed by atoms with Gasteiger partial charge < -0.3 is 14.2 Å². The summed E-state index contributed by atoms with van der Waals surface area (Å²) in [6.45, 7) is 3.41. The van der Waals surface area contributed by atoms with Gasteiger partial charge in [0.1, 0.15) is 5.65 Å². The molecule has 5 heteroatoms. The van der Waals surface area contributed by atoms with Crippen molar-refractivity contribution in [1.82, 2.24) is 14.5 Å². The number of hydrogen-bond acceptors (Lipinski definition) is 3. The summed E-state index contributed by atoms with van der Waals surface area (Å²) in [7, 11) is 0. The Labute approximate surface area is 159 Å². The molecule has 5 nitrogen and oxygen atoms in total. The summed E-state index contributed by atoms with van der Waals surface area (Å²) in [5, 5.41) is 0.942. The fourth-order valence-corrected chi connectivity index (χ4v) is 3.66. The van der Waals surface area contributed by atoms with Crippen LogP contribution in [-0.4, -0.2) is 46.7 Å². The Kier molecular flexibility index (Phi) is 5.49. The van der Waals surface area contributed by atoms with Crippen LogP contribution in [0.25, 0.3) is 11.0 Å². The number of aryl methyl sites for hydroxylation is 2. The molecule has 1 saturated heterocycles. The highest BCUT2D eigenvalue weighted by Gasteiger charge is 2.22. The van der Waals surface area contributed by atoms with Gasteiger partial charge in [-0.15, -0.1) is 0 Å². The third-order valence-electron chi connectivity index (χ3n) is 5.12. The maximum absolute atomic E-state index is 13.0. The van der Waals surface area contributed by atoms with Gasteiger partial charge in [0.2, 0.25) is 0 Å². The van der Waals surface area contributed by atoms with Gasteiger partial charge in [-0.2, -0.15) is 0 Å². The molecule has 1 amide bonds. The molecule has 1 fully saturated rings. The van der Waals surface area contributed by atoms with E-state index in [4.69, 9.17) is 4.74 Å². The zero-order valence-corrected chi connectivity index (χ0v) is 15.5. The van der Waals surface area contributed by atoms with Gasteiger partial charge in [0.05, 0.1) is 18.8 Å². The van der Waals surface area contributed by atoms with E-state index in [9.17, 15) is 4.79 Å². The van der Waals surface area contributed by atoms with E-state index in [0.29, 0.717) is 26.3 Å². The van der Waals surface area contributed by atoms with Crippen LogP contribution in [0.4, 0.5) is 0 Å². The van der Waals surface area contributed by atoms with Crippen LogP contribution in [-0.2, 0) is 17.7 Å². The normalized spacial score (nSPS) is 14.6. The minimum absolute atomic E-state index is 0.0827. The monoisotopic (exact) mass is 363 g/mol. The Morgan fingerprint density at radius 3 is 2.67 bits per heavy atom. The van der Waals surface area contributed by atoms with E-state index in [0.717, 1.165) is 42.4 Å². The molecule has 3 aromatic rings. The Morgan fingerprint density at radius 2 is 1.85 bits per heavy atom. The average molecular weight is 363 g/mol. The van der Waals surface area contributed by atoms with Gasteiger partial charge in [0.15, 0.2) is 0 Å². The van der Waals surface area contributed by atoms with Gasteiger partial charge in [-0.25, -0.2) is 4.98 Å². The highest BCUT2D eigenvalue weighted by atomic mass is 16.5. The molecule has 0 saturated carbocycles. The smallest absolute Gasteiger partial charge is 0.256 e. The second-order valence-corrected chi connectivity index (χ2v) is 6.96. The minimum Gasteiger partial charge on any atom is -0.378 e. The summed E-state index contributed by atoms with van der Waals surface area (Å²) >= 11 is 0. The largest absolute Gasteiger partial charge is 0.378 e. The van der Waals surface area contributed by atoms with Gasteiger partial charge in [-0.1, -0.05) is 30.3 Å². The highest BCUT2D eigenvalue weighted by molar-refractivity contribution is 6.06. The first-order valence-corrected chi connectivity index (χ1v) is 9.68. The van der Waals surface area contributed by atoms with E-state index < -0.39 is 0 Å². The van der Waals surface area contributed by atoms with Crippen molar-refractivity contribution in [2.45, 2.75) is 25.8 Å². The van der Waals surface area contributed by atoms with Crippen LogP contribution < -0.4 is 0 Å². The summed E-state index contributed by atoms with van der Waals surface area (Å²) in [6.07, 6.45) is 7.03. The van der Waals surface area contributed by atoms with Crippen LogP contribution in [0, 0.1) is 0 Å². The van der Waals surface area contributed by atoms with Gasteiger partial charge >= 0.3 is 0 Å². The summed E-state index contributed by atoms with van der Waals surface area (Å²) in [4.78, 5) is 19.4. The number of amides is 1. The number of ether oxygens (including phenoxy) is 1. The van der Waals surface area contributed by atoms with E-state index in [-0.39, 0.29) is 5.91 Å². The number of pyridine rings is 1. The number of fused-ring (bicyclic) bond motifs is 1. The number of morpholine rings is 1. The summed E-state index contributed by atoms with van der Waals surface area (Å²) in [5.74, 6) is 0.0827. The molecule has 4 rings (SSSR count). The number of nitrogens with zero attached hydrogens (tertiary/aromatic N) is 3. The molecule has 1 aromatic carbocycles. The number of hydrogen-bond donors (Lipinski definition) is 0. The summed E-state index contributed by atoms with van der Waals surface area (Å²) in [5.41, 5.74) is 3.02. The first kappa shape index (κ1) is 17.7. The zero-order chi connectivity index (χ0) is 18.5. The molecule has 0 unspecified atom stereocenters. The Hall–Kier alpha value is -2.66. The van der Waals surface area contributed by atoms with Gasteiger partial charge in [0.25, 0.3) is 5.91 Å². The number of carbonyl (C=O) groups is 1. The number of unbranched alkanes of at least 4 members (excludes halogenated alkanes) is 1. The van der Waals surface area contributed by atoms with Crippen LogP contribution >= 0.6 is 0 Å². The number of carbonyl (C=O) groups excluding carboxylic acids is 1. The molecule has 0 radical (unpaired) electrons. The molecule has 0 aliphatic carbocycles. The molecule has 27 heavy (non-hydrogen) atoms. The highest BCUT2D eigenvalue weighted by Crippen LogP contribution is 2.22. The second kappa shape index (κ2) is 8.35. The molecule has 2 aromatic heterocycles. The second-order valence-electron chi connectivity index (χ2n) is 6.96. The van der Waals surface area contributed by atoms with E-state index in [1.54, 1.807) is 6.20 Å². The third-order valence-corrected chi connectivity index (χ3v) is 5.12. The fourth-order valence-electron chi connectivity index (χ4n) is 3.66. The summed E-state index contributed by atoms with van der Waals surface area (Å²) < 4.78 is 7.50. The van der Waals surface area contributed by atoms with Crippen LogP contribution in [0.15, 0.2) is 54.9 Å². The van der Waals surface area contributed by atoms with Crippen molar-refractivity contribution in [1.29, 1.82) is 0 Å². The molecule has 140 valence electrons. The minimum atomic E-state index is 0.0827. The van der Waals surface area contributed by atoms with Crippen LogP contribution in [0.2, 0.25) is 0 Å². The van der Waals surface area contributed by atoms with E-state index in [1.165, 1.54) is 5.56 Å². The lowest BCUT2D eigenvalue weighted by Gasteiger charge is -2.26. The van der Waals surface area contributed by atoms with Crippen molar-refractivity contribution in [3.8, 4) is 0 Å². The van der Waals surface area contributed by atoms with Crippen LogP contribution in [0.3, 0.4) is 0 Å². The fraction of sp³-hybridized carbons (Fsp3) is 0.364. The molecule has 3 heterocycles. The molecule has 1 aliphatic rings. The van der Waals surface area contributed by atoms with Crippen molar-refractivity contribution in [3.63, 3.8) is 0 Å². The maximum atomic E-state index is 13.0. The first-order chi connectivity index (χ1) is 13.3. The number of aromatic nitrogens is 2. The number of rotatable bonds is 6. The molecule has 0 bridgehead atoms. The van der Waals surface area contributed by atoms with E-state index in [1.807, 2.05) is 29.3 Å². The van der Waals surface area contributed by atoms with Gasteiger partial charge in [-0.05, 0) is 37.0 Å². The van der Waals surface area contributed by atoms with Gasteiger partial charge in [-0.3, -0.25) is 4.79 Å². The Balaban J connectivity index is 1.47.